The molecular formula is C12H17ClFNO. The van der Waals surface area contributed by atoms with E-state index in [1.54, 1.807) is 0 Å². The average molecular weight is 246 g/mol. The van der Waals surface area contributed by atoms with Gasteiger partial charge in [0.05, 0.1) is 7.11 Å². The van der Waals surface area contributed by atoms with Gasteiger partial charge in [-0.2, -0.15) is 0 Å². The zero-order valence-electron chi connectivity index (χ0n) is 9.81. The standard InChI is InChI=1S/C12H17ClFNO/c1-7(4-5-15)11-8(2)9(13)6-10(14)12(11)16-3/h6-7H,4-5,15H2,1-3H3. The Bertz CT molecular complexity index is 382. The minimum absolute atomic E-state index is 0.133. The van der Waals surface area contributed by atoms with Crippen molar-refractivity contribution in [2.75, 3.05) is 13.7 Å². The highest BCUT2D eigenvalue weighted by Gasteiger charge is 2.19. The van der Waals surface area contributed by atoms with E-state index in [1.165, 1.54) is 13.2 Å². The number of ether oxygens (including phenoxy) is 1. The van der Waals surface area contributed by atoms with Crippen molar-refractivity contribution in [2.45, 2.75) is 26.2 Å². The SMILES string of the molecule is COc1c(F)cc(Cl)c(C)c1C(C)CCN. The fraction of sp³-hybridized carbons (Fsp3) is 0.500. The maximum absolute atomic E-state index is 13.7. The van der Waals surface area contributed by atoms with E-state index < -0.39 is 5.82 Å². The second-order valence-corrected chi connectivity index (χ2v) is 4.30. The molecule has 0 aromatic heterocycles. The second-order valence-electron chi connectivity index (χ2n) is 3.89. The van der Waals surface area contributed by atoms with Crippen LogP contribution in [0.25, 0.3) is 0 Å². The van der Waals surface area contributed by atoms with Gasteiger partial charge in [0.15, 0.2) is 11.6 Å². The lowest BCUT2D eigenvalue weighted by atomic mass is 9.92. The minimum atomic E-state index is -0.419. The number of nitrogens with two attached hydrogens (primary N) is 1. The molecule has 90 valence electrons. The quantitative estimate of drug-likeness (QED) is 0.884. The Hall–Kier alpha value is -0.800. The van der Waals surface area contributed by atoms with Crippen LogP contribution in [0, 0.1) is 12.7 Å². The van der Waals surface area contributed by atoms with Crippen LogP contribution in [0.3, 0.4) is 0 Å². The molecule has 4 heteroatoms. The van der Waals surface area contributed by atoms with Crippen molar-refractivity contribution in [3.05, 3.63) is 28.0 Å². The first-order valence-corrected chi connectivity index (χ1v) is 5.63. The highest BCUT2D eigenvalue weighted by Crippen LogP contribution is 2.37. The zero-order valence-corrected chi connectivity index (χ0v) is 10.6. The van der Waals surface area contributed by atoms with E-state index >= 15 is 0 Å². The molecule has 0 spiro atoms. The number of hydrogen-bond donors (Lipinski definition) is 1. The van der Waals surface area contributed by atoms with Gasteiger partial charge < -0.3 is 10.5 Å². The largest absolute Gasteiger partial charge is 0.493 e. The summed E-state index contributed by atoms with van der Waals surface area (Å²) in [7, 11) is 1.46. The summed E-state index contributed by atoms with van der Waals surface area (Å²) in [6.07, 6.45) is 0.775. The van der Waals surface area contributed by atoms with Crippen LogP contribution in [0.2, 0.25) is 5.02 Å². The normalized spacial score (nSPS) is 12.6. The molecule has 1 atom stereocenters. The molecule has 0 aliphatic carbocycles. The van der Waals surface area contributed by atoms with Crippen LogP contribution in [-0.4, -0.2) is 13.7 Å². The van der Waals surface area contributed by atoms with E-state index in [0.717, 1.165) is 17.5 Å². The first kappa shape index (κ1) is 13.3. The van der Waals surface area contributed by atoms with Crippen LogP contribution < -0.4 is 10.5 Å². The van der Waals surface area contributed by atoms with Crippen LogP contribution >= 0.6 is 11.6 Å². The minimum Gasteiger partial charge on any atom is -0.493 e. The predicted octanol–water partition coefficient (Wildman–Crippen LogP) is 3.25. The van der Waals surface area contributed by atoms with Gasteiger partial charge in [-0.15, -0.1) is 0 Å². The maximum atomic E-state index is 13.7. The van der Waals surface area contributed by atoms with Crippen molar-refractivity contribution in [2.24, 2.45) is 5.73 Å². The number of benzene rings is 1. The van der Waals surface area contributed by atoms with E-state index in [4.69, 9.17) is 22.1 Å². The molecule has 0 amide bonds. The average Bonchev–Trinajstić information content (AvgIpc) is 2.23. The van der Waals surface area contributed by atoms with Gasteiger partial charge in [0, 0.05) is 10.6 Å². The van der Waals surface area contributed by atoms with Gasteiger partial charge in [0.2, 0.25) is 0 Å². The molecule has 0 heterocycles. The highest BCUT2D eigenvalue weighted by molar-refractivity contribution is 6.31. The summed E-state index contributed by atoms with van der Waals surface area (Å²) in [5.41, 5.74) is 7.20. The van der Waals surface area contributed by atoms with Gasteiger partial charge in [-0.05, 0) is 37.4 Å². The molecule has 0 aliphatic rings. The van der Waals surface area contributed by atoms with Gasteiger partial charge >= 0.3 is 0 Å². The van der Waals surface area contributed by atoms with E-state index in [1.807, 2.05) is 13.8 Å². The molecule has 16 heavy (non-hydrogen) atoms. The Kier molecular flexibility index (Phi) is 4.56. The van der Waals surface area contributed by atoms with Crippen LogP contribution in [-0.2, 0) is 0 Å². The Morgan fingerprint density at radius 2 is 2.19 bits per heavy atom. The van der Waals surface area contributed by atoms with Crippen molar-refractivity contribution in [1.29, 1.82) is 0 Å². The number of rotatable bonds is 4. The number of methoxy groups -OCH3 is 1. The van der Waals surface area contributed by atoms with Crippen molar-refractivity contribution in [3.8, 4) is 5.75 Å². The summed E-state index contributed by atoms with van der Waals surface area (Å²) >= 11 is 5.97. The van der Waals surface area contributed by atoms with Crippen LogP contribution in [0.5, 0.6) is 5.75 Å². The molecule has 1 rings (SSSR count). The summed E-state index contributed by atoms with van der Waals surface area (Å²) in [5, 5.41) is 0.428. The summed E-state index contributed by atoms with van der Waals surface area (Å²) in [5.74, 6) is -0.00651. The molecule has 1 aromatic carbocycles. The lowest BCUT2D eigenvalue weighted by Crippen LogP contribution is -2.08. The van der Waals surface area contributed by atoms with Gasteiger partial charge in [0.1, 0.15) is 0 Å². The monoisotopic (exact) mass is 245 g/mol. The third kappa shape index (κ3) is 2.47. The van der Waals surface area contributed by atoms with Crippen molar-refractivity contribution in [3.63, 3.8) is 0 Å². The van der Waals surface area contributed by atoms with E-state index in [0.29, 0.717) is 11.6 Å². The Balaban J connectivity index is 3.32. The van der Waals surface area contributed by atoms with Gasteiger partial charge in [-0.1, -0.05) is 18.5 Å². The van der Waals surface area contributed by atoms with Crippen LogP contribution in [0.1, 0.15) is 30.4 Å². The topological polar surface area (TPSA) is 35.2 Å². The summed E-state index contributed by atoms with van der Waals surface area (Å²) in [4.78, 5) is 0. The molecule has 0 bridgehead atoms. The van der Waals surface area contributed by atoms with Crippen LogP contribution in [0.15, 0.2) is 6.07 Å². The van der Waals surface area contributed by atoms with Crippen LogP contribution in [0.4, 0.5) is 4.39 Å². The van der Waals surface area contributed by atoms with E-state index in [9.17, 15) is 4.39 Å². The number of halogens is 2. The lowest BCUT2D eigenvalue weighted by Gasteiger charge is -2.19. The van der Waals surface area contributed by atoms with E-state index in [-0.39, 0.29) is 11.7 Å². The molecule has 0 fully saturated rings. The smallest absolute Gasteiger partial charge is 0.166 e. The second kappa shape index (κ2) is 5.51. The molecular weight excluding hydrogens is 229 g/mol. The molecule has 0 saturated carbocycles. The predicted molar refractivity (Wildman–Crippen MR) is 64.8 cm³/mol. The van der Waals surface area contributed by atoms with Gasteiger partial charge in [-0.25, -0.2) is 4.39 Å². The first-order chi connectivity index (χ1) is 7.52. The highest BCUT2D eigenvalue weighted by atomic mass is 35.5. The number of hydrogen-bond acceptors (Lipinski definition) is 2. The summed E-state index contributed by atoms with van der Waals surface area (Å²) < 4.78 is 18.8. The van der Waals surface area contributed by atoms with Gasteiger partial charge in [0.25, 0.3) is 0 Å². The molecule has 0 radical (unpaired) electrons. The maximum Gasteiger partial charge on any atom is 0.166 e. The Morgan fingerprint density at radius 1 is 1.56 bits per heavy atom. The molecule has 2 nitrogen and oxygen atoms in total. The molecule has 1 aromatic rings. The molecule has 2 N–H and O–H groups in total. The summed E-state index contributed by atoms with van der Waals surface area (Å²) in [6, 6.07) is 1.29. The third-order valence-electron chi connectivity index (χ3n) is 2.77. The summed E-state index contributed by atoms with van der Waals surface area (Å²) in [6.45, 7) is 4.41. The Morgan fingerprint density at radius 3 is 2.69 bits per heavy atom. The fourth-order valence-electron chi connectivity index (χ4n) is 1.91. The molecule has 1 unspecified atom stereocenters. The van der Waals surface area contributed by atoms with Crippen molar-refractivity contribution < 1.29 is 9.13 Å². The molecule has 0 aliphatic heterocycles. The van der Waals surface area contributed by atoms with Crippen molar-refractivity contribution >= 4 is 11.6 Å². The van der Waals surface area contributed by atoms with Gasteiger partial charge in [-0.3, -0.25) is 0 Å². The van der Waals surface area contributed by atoms with E-state index in [2.05, 4.69) is 0 Å². The molecule has 0 saturated heterocycles. The zero-order chi connectivity index (χ0) is 12.3. The lowest BCUT2D eigenvalue weighted by molar-refractivity contribution is 0.377. The Labute approximate surface area is 101 Å². The third-order valence-corrected chi connectivity index (χ3v) is 3.17. The fourth-order valence-corrected chi connectivity index (χ4v) is 2.11. The first-order valence-electron chi connectivity index (χ1n) is 5.25. The van der Waals surface area contributed by atoms with Crippen molar-refractivity contribution in [1.82, 2.24) is 0 Å².